The van der Waals surface area contributed by atoms with Gasteiger partial charge >= 0.3 is 5.97 Å². The number of ether oxygens (including phenoxy) is 1. The third-order valence-corrected chi connectivity index (χ3v) is 3.53. The van der Waals surface area contributed by atoms with Crippen LogP contribution in [0.3, 0.4) is 0 Å². The molecule has 0 aromatic heterocycles. The lowest BCUT2D eigenvalue weighted by Crippen LogP contribution is -2.09. The summed E-state index contributed by atoms with van der Waals surface area (Å²) in [7, 11) is 0. The Balaban J connectivity index is 2.22. The van der Waals surface area contributed by atoms with Crippen LogP contribution in [0.25, 0.3) is 10.4 Å². The molecule has 1 unspecified atom stereocenters. The summed E-state index contributed by atoms with van der Waals surface area (Å²) in [5.74, 6) is -0.302. The Morgan fingerprint density at radius 3 is 2.59 bits per heavy atom. The lowest BCUT2D eigenvalue weighted by atomic mass is 10.0. The van der Waals surface area contributed by atoms with E-state index in [0.29, 0.717) is 12.2 Å². The van der Waals surface area contributed by atoms with Gasteiger partial charge in [-0.15, -0.1) is 0 Å². The van der Waals surface area contributed by atoms with Crippen LogP contribution in [-0.4, -0.2) is 18.6 Å². The topological polar surface area (TPSA) is 75.1 Å². The van der Waals surface area contributed by atoms with Crippen molar-refractivity contribution in [2.45, 2.75) is 57.9 Å². The summed E-state index contributed by atoms with van der Waals surface area (Å²) in [4.78, 5) is 14.7. The standard InChI is InChI=1S/C17H25N3O2/c1-2-3-4-8-12-16(19-20-18)13-9-14-22-17(21)15-10-6-5-7-11-15/h5-7,10-11,16H,2-4,8-9,12-14H2,1H3. The van der Waals surface area contributed by atoms with E-state index >= 15 is 0 Å². The first-order valence-electron chi connectivity index (χ1n) is 8.04. The molecule has 1 rings (SSSR count). The largest absolute Gasteiger partial charge is 0.462 e. The van der Waals surface area contributed by atoms with Crippen molar-refractivity contribution in [3.8, 4) is 0 Å². The molecule has 5 heteroatoms. The minimum absolute atomic E-state index is 0.0114. The molecule has 0 amide bonds. The quantitative estimate of drug-likeness (QED) is 0.183. The molecule has 0 aliphatic heterocycles. The van der Waals surface area contributed by atoms with E-state index in [9.17, 15) is 4.79 Å². The molecule has 0 aliphatic carbocycles. The molecular formula is C17H25N3O2. The number of carbonyl (C=O) groups excluding carboxylic acids is 1. The first-order chi connectivity index (χ1) is 10.8. The van der Waals surface area contributed by atoms with E-state index < -0.39 is 0 Å². The number of hydrogen-bond donors (Lipinski definition) is 0. The first kappa shape index (κ1) is 18.1. The number of nitrogens with zero attached hydrogens (tertiary/aromatic N) is 3. The van der Waals surface area contributed by atoms with Crippen LogP contribution < -0.4 is 0 Å². The third-order valence-electron chi connectivity index (χ3n) is 3.53. The number of rotatable bonds is 11. The molecule has 1 atom stereocenters. The monoisotopic (exact) mass is 303 g/mol. The Morgan fingerprint density at radius 1 is 1.18 bits per heavy atom. The van der Waals surface area contributed by atoms with Gasteiger partial charge in [0.25, 0.3) is 0 Å². The number of hydrogen-bond acceptors (Lipinski definition) is 3. The summed E-state index contributed by atoms with van der Waals surface area (Å²) < 4.78 is 5.23. The molecule has 5 nitrogen and oxygen atoms in total. The molecule has 22 heavy (non-hydrogen) atoms. The summed E-state index contributed by atoms with van der Waals surface area (Å²) in [6.45, 7) is 2.53. The molecule has 0 radical (unpaired) electrons. The van der Waals surface area contributed by atoms with Gasteiger partial charge in [-0.25, -0.2) is 4.79 Å². The number of unbranched alkanes of at least 4 members (excludes halogenated alkanes) is 3. The van der Waals surface area contributed by atoms with Crippen molar-refractivity contribution in [3.05, 3.63) is 46.3 Å². The van der Waals surface area contributed by atoms with Gasteiger partial charge in [-0.3, -0.25) is 0 Å². The molecule has 0 saturated heterocycles. The van der Waals surface area contributed by atoms with E-state index in [1.54, 1.807) is 12.1 Å². The lowest BCUT2D eigenvalue weighted by molar-refractivity contribution is 0.0496. The second-order valence-electron chi connectivity index (χ2n) is 5.35. The van der Waals surface area contributed by atoms with Crippen LogP contribution in [0.15, 0.2) is 35.4 Å². The van der Waals surface area contributed by atoms with Crippen LogP contribution in [0.5, 0.6) is 0 Å². The highest BCUT2D eigenvalue weighted by molar-refractivity contribution is 5.89. The number of carbonyl (C=O) groups is 1. The fraction of sp³-hybridized carbons (Fsp3) is 0.588. The highest BCUT2D eigenvalue weighted by Gasteiger charge is 2.08. The molecule has 0 N–H and O–H groups in total. The molecule has 120 valence electrons. The minimum Gasteiger partial charge on any atom is -0.462 e. The number of esters is 1. The average molecular weight is 303 g/mol. The van der Waals surface area contributed by atoms with Gasteiger partial charge < -0.3 is 4.74 Å². The fourth-order valence-electron chi connectivity index (χ4n) is 2.28. The maximum atomic E-state index is 11.8. The van der Waals surface area contributed by atoms with Crippen molar-refractivity contribution in [3.63, 3.8) is 0 Å². The van der Waals surface area contributed by atoms with Crippen LogP contribution in [0.1, 0.15) is 62.2 Å². The van der Waals surface area contributed by atoms with Crippen LogP contribution in [0.2, 0.25) is 0 Å². The van der Waals surface area contributed by atoms with E-state index in [-0.39, 0.29) is 12.0 Å². The number of benzene rings is 1. The molecule has 1 aromatic rings. The number of azide groups is 1. The van der Waals surface area contributed by atoms with Crippen LogP contribution in [0.4, 0.5) is 0 Å². The predicted octanol–water partition coefficient (Wildman–Crippen LogP) is 5.27. The highest BCUT2D eigenvalue weighted by atomic mass is 16.5. The van der Waals surface area contributed by atoms with Gasteiger partial charge in [-0.1, -0.05) is 55.9 Å². The summed E-state index contributed by atoms with van der Waals surface area (Å²) in [5.41, 5.74) is 9.17. The molecule has 0 saturated carbocycles. The Morgan fingerprint density at radius 2 is 1.91 bits per heavy atom. The highest BCUT2D eigenvalue weighted by Crippen LogP contribution is 2.13. The normalized spacial score (nSPS) is 11.5. The van der Waals surface area contributed by atoms with E-state index in [0.717, 1.165) is 25.7 Å². The van der Waals surface area contributed by atoms with Gasteiger partial charge in [-0.05, 0) is 36.9 Å². The Labute approximate surface area is 132 Å². The van der Waals surface area contributed by atoms with Gasteiger partial charge in [0.15, 0.2) is 0 Å². The second kappa shape index (κ2) is 11.6. The first-order valence-corrected chi connectivity index (χ1v) is 8.04. The Bertz CT molecular complexity index is 470. The average Bonchev–Trinajstić information content (AvgIpc) is 2.56. The van der Waals surface area contributed by atoms with Crippen LogP contribution in [0, 0.1) is 0 Å². The summed E-state index contributed by atoms with van der Waals surface area (Å²) in [6.07, 6.45) is 7.07. The summed E-state index contributed by atoms with van der Waals surface area (Å²) in [6, 6.07) is 8.96. The van der Waals surface area contributed by atoms with Gasteiger partial charge in [-0.2, -0.15) is 0 Å². The molecule has 0 fully saturated rings. The third kappa shape index (κ3) is 7.70. The Kier molecular flexibility index (Phi) is 9.55. The van der Waals surface area contributed by atoms with E-state index in [1.165, 1.54) is 19.3 Å². The second-order valence-corrected chi connectivity index (χ2v) is 5.35. The molecular weight excluding hydrogens is 278 g/mol. The van der Waals surface area contributed by atoms with E-state index in [4.69, 9.17) is 10.3 Å². The van der Waals surface area contributed by atoms with Crippen molar-refractivity contribution < 1.29 is 9.53 Å². The van der Waals surface area contributed by atoms with Crippen molar-refractivity contribution in [1.29, 1.82) is 0 Å². The van der Waals surface area contributed by atoms with Gasteiger partial charge in [0.05, 0.1) is 12.2 Å². The predicted molar refractivity (Wildman–Crippen MR) is 87.7 cm³/mol. The molecule has 0 aliphatic rings. The fourth-order valence-corrected chi connectivity index (χ4v) is 2.28. The minimum atomic E-state index is -0.302. The SMILES string of the molecule is CCCCCCC(CCCOC(=O)c1ccccc1)N=[N+]=[N-]. The van der Waals surface area contributed by atoms with Crippen molar-refractivity contribution in [2.24, 2.45) is 5.11 Å². The van der Waals surface area contributed by atoms with Gasteiger partial charge in [0, 0.05) is 11.0 Å². The zero-order chi connectivity index (χ0) is 16.0. The Hall–Kier alpha value is -2.00. The van der Waals surface area contributed by atoms with E-state index in [1.807, 2.05) is 18.2 Å². The molecule has 1 aromatic carbocycles. The lowest BCUT2D eigenvalue weighted by Gasteiger charge is -2.11. The van der Waals surface area contributed by atoms with Crippen molar-refractivity contribution in [2.75, 3.05) is 6.61 Å². The van der Waals surface area contributed by atoms with Crippen LogP contribution >= 0.6 is 0 Å². The van der Waals surface area contributed by atoms with Gasteiger partial charge in [0.2, 0.25) is 0 Å². The van der Waals surface area contributed by atoms with Crippen molar-refractivity contribution in [1.82, 2.24) is 0 Å². The molecule has 0 bridgehead atoms. The zero-order valence-electron chi connectivity index (χ0n) is 13.3. The summed E-state index contributed by atoms with van der Waals surface area (Å²) >= 11 is 0. The van der Waals surface area contributed by atoms with Crippen molar-refractivity contribution >= 4 is 5.97 Å². The maximum absolute atomic E-state index is 11.8. The molecule has 0 spiro atoms. The van der Waals surface area contributed by atoms with E-state index in [2.05, 4.69) is 16.9 Å². The maximum Gasteiger partial charge on any atom is 0.338 e. The molecule has 0 heterocycles. The van der Waals surface area contributed by atoms with Gasteiger partial charge in [0.1, 0.15) is 0 Å². The van der Waals surface area contributed by atoms with Crippen LogP contribution in [-0.2, 0) is 4.74 Å². The summed E-state index contributed by atoms with van der Waals surface area (Å²) in [5, 5.41) is 3.84. The smallest absolute Gasteiger partial charge is 0.338 e. The zero-order valence-corrected chi connectivity index (χ0v) is 13.3.